The third kappa shape index (κ3) is 5.56. The number of hydrogen-bond donors (Lipinski definition) is 1. The first kappa shape index (κ1) is 22.5. The van der Waals surface area contributed by atoms with E-state index in [-0.39, 0.29) is 24.7 Å². The number of carbonyl (C=O) groups is 1. The van der Waals surface area contributed by atoms with Crippen molar-refractivity contribution in [2.24, 2.45) is 0 Å². The van der Waals surface area contributed by atoms with Crippen LogP contribution in [0.5, 0.6) is 11.5 Å². The Morgan fingerprint density at radius 3 is 2.52 bits per heavy atom. The van der Waals surface area contributed by atoms with Crippen molar-refractivity contribution >= 4 is 27.9 Å². The van der Waals surface area contributed by atoms with E-state index in [2.05, 4.69) is 15.4 Å². The quantitative estimate of drug-likeness (QED) is 0.425. The zero-order valence-corrected chi connectivity index (χ0v) is 19.4. The van der Waals surface area contributed by atoms with Crippen LogP contribution in [0, 0.1) is 13.8 Å². The third-order valence-electron chi connectivity index (χ3n) is 5.02. The zero-order valence-electron chi connectivity index (χ0n) is 18.6. The number of nitrogens with one attached hydrogen (secondary N) is 1. The number of rotatable bonds is 8. The van der Waals surface area contributed by atoms with Crippen LogP contribution < -0.4 is 20.3 Å². The molecule has 0 aliphatic carbocycles. The summed E-state index contributed by atoms with van der Waals surface area (Å²) in [6.07, 6.45) is 0.750. The highest BCUT2D eigenvalue weighted by Crippen LogP contribution is 2.19. The van der Waals surface area contributed by atoms with Crippen LogP contribution in [0.4, 0.5) is 5.69 Å². The van der Waals surface area contributed by atoms with Crippen molar-refractivity contribution in [2.75, 3.05) is 11.9 Å². The number of carbonyl (C=O) groups excluding carboxylic acids is 1. The van der Waals surface area contributed by atoms with Gasteiger partial charge < -0.3 is 14.8 Å². The molecule has 2 aromatic heterocycles. The van der Waals surface area contributed by atoms with Gasteiger partial charge in [-0.3, -0.25) is 9.59 Å². The van der Waals surface area contributed by atoms with E-state index in [4.69, 9.17) is 9.47 Å². The molecule has 0 radical (unpaired) electrons. The largest absolute Gasteiger partial charge is 0.487 e. The van der Waals surface area contributed by atoms with Crippen molar-refractivity contribution in [3.8, 4) is 11.5 Å². The van der Waals surface area contributed by atoms with Crippen molar-refractivity contribution in [3.05, 3.63) is 80.7 Å². The second-order valence-electron chi connectivity index (χ2n) is 7.53. The lowest BCUT2D eigenvalue weighted by Gasteiger charge is -2.10. The molecular weight excluding hydrogens is 440 g/mol. The molecule has 4 aromatic rings. The fraction of sp³-hybridized carbons (Fsp3) is 0.250. The molecule has 0 spiro atoms. The number of hydrogen-bond acceptors (Lipinski definition) is 7. The summed E-state index contributed by atoms with van der Waals surface area (Å²) >= 11 is 1.39. The lowest BCUT2D eigenvalue weighted by molar-refractivity contribution is -0.118. The SMILES string of the molecule is CCc1nn2c(=O)cc(COc3ccc(NC(=O)COc4ccc(C)c(C)c4)cc3)nc2s1. The Balaban J connectivity index is 1.30. The molecule has 170 valence electrons. The van der Waals surface area contributed by atoms with Crippen molar-refractivity contribution in [2.45, 2.75) is 33.8 Å². The first-order chi connectivity index (χ1) is 15.9. The summed E-state index contributed by atoms with van der Waals surface area (Å²) in [5, 5.41) is 7.89. The predicted octanol–water partition coefficient (Wildman–Crippen LogP) is 3.93. The van der Waals surface area contributed by atoms with E-state index in [0.29, 0.717) is 27.8 Å². The highest BCUT2D eigenvalue weighted by molar-refractivity contribution is 7.16. The Morgan fingerprint density at radius 1 is 1.03 bits per heavy atom. The van der Waals surface area contributed by atoms with Gasteiger partial charge in [-0.25, -0.2) is 4.98 Å². The molecule has 0 bridgehead atoms. The van der Waals surface area contributed by atoms with E-state index >= 15 is 0 Å². The average Bonchev–Trinajstić information content (AvgIpc) is 3.23. The Bertz CT molecular complexity index is 1350. The molecule has 8 nitrogen and oxygen atoms in total. The summed E-state index contributed by atoms with van der Waals surface area (Å²) < 4.78 is 12.6. The summed E-state index contributed by atoms with van der Waals surface area (Å²) in [5.41, 5.74) is 3.22. The fourth-order valence-electron chi connectivity index (χ4n) is 3.05. The summed E-state index contributed by atoms with van der Waals surface area (Å²) in [4.78, 5) is 29.4. The van der Waals surface area contributed by atoms with Gasteiger partial charge in [-0.05, 0) is 67.8 Å². The molecule has 4 rings (SSSR count). The van der Waals surface area contributed by atoms with E-state index in [1.807, 2.05) is 39.0 Å². The van der Waals surface area contributed by atoms with Crippen LogP contribution in [-0.2, 0) is 17.8 Å². The minimum absolute atomic E-state index is 0.0816. The average molecular weight is 465 g/mol. The number of aryl methyl sites for hydroxylation is 3. The normalized spacial score (nSPS) is 10.9. The Kier molecular flexibility index (Phi) is 6.69. The van der Waals surface area contributed by atoms with E-state index < -0.39 is 0 Å². The number of ether oxygens (including phenoxy) is 2. The molecule has 0 saturated carbocycles. The van der Waals surface area contributed by atoms with Crippen molar-refractivity contribution in [3.63, 3.8) is 0 Å². The molecule has 0 unspecified atom stereocenters. The van der Waals surface area contributed by atoms with Crippen molar-refractivity contribution < 1.29 is 14.3 Å². The summed E-state index contributed by atoms with van der Waals surface area (Å²) in [7, 11) is 0. The Hall–Kier alpha value is -3.72. The van der Waals surface area contributed by atoms with Gasteiger partial charge in [0.25, 0.3) is 11.5 Å². The maximum atomic E-state index is 12.2. The van der Waals surface area contributed by atoms with Gasteiger partial charge in [0.2, 0.25) is 4.96 Å². The minimum atomic E-state index is -0.254. The molecule has 9 heteroatoms. The van der Waals surface area contributed by atoms with Gasteiger partial charge in [-0.1, -0.05) is 24.3 Å². The van der Waals surface area contributed by atoms with Gasteiger partial charge in [0.1, 0.15) is 23.1 Å². The maximum absolute atomic E-state index is 12.2. The molecule has 2 heterocycles. The van der Waals surface area contributed by atoms with Crippen LogP contribution >= 0.6 is 11.3 Å². The van der Waals surface area contributed by atoms with Gasteiger partial charge in [0, 0.05) is 11.8 Å². The number of aromatic nitrogens is 3. The number of benzene rings is 2. The first-order valence-corrected chi connectivity index (χ1v) is 11.3. The van der Waals surface area contributed by atoms with Crippen LogP contribution in [0.15, 0.2) is 53.3 Å². The molecule has 0 atom stereocenters. The maximum Gasteiger partial charge on any atom is 0.275 e. The first-order valence-electron chi connectivity index (χ1n) is 10.5. The van der Waals surface area contributed by atoms with E-state index in [1.165, 1.54) is 27.5 Å². The van der Waals surface area contributed by atoms with Crippen molar-refractivity contribution in [1.29, 1.82) is 0 Å². The second kappa shape index (κ2) is 9.83. The topological polar surface area (TPSA) is 94.8 Å². The van der Waals surface area contributed by atoms with E-state index in [9.17, 15) is 9.59 Å². The lowest BCUT2D eigenvalue weighted by atomic mass is 10.1. The van der Waals surface area contributed by atoms with Gasteiger partial charge in [-0.2, -0.15) is 9.61 Å². The molecular formula is C24H24N4O4S. The molecule has 0 fully saturated rings. The fourth-order valence-corrected chi connectivity index (χ4v) is 3.91. The van der Waals surface area contributed by atoms with Gasteiger partial charge in [0.15, 0.2) is 6.61 Å². The number of fused-ring (bicyclic) bond motifs is 1. The molecule has 1 N–H and O–H groups in total. The number of nitrogens with zero attached hydrogens (tertiary/aromatic N) is 3. The summed E-state index contributed by atoms with van der Waals surface area (Å²) in [6.45, 7) is 6.08. The Labute approximate surface area is 194 Å². The predicted molar refractivity (Wildman–Crippen MR) is 127 cm³/mol. The molecule has 1 amide bonds. The van der Waals surface area contributed by atoms with E-state index in [0.717, 1.165) is 17.0 Å². The van der Waals surface area contributed by atoms with Crippen LogP contribution in [-0.4, -0.2) is 27.1 Å². The zero-order chi connectivity index (χ0) is 23.4. The van der Waals surface area contributed by atoms with Crippen LogP contribution in [0.25, 0.3) is 4.96 Å². The van der Waals surface area contributed by atoms with E-state index in [1.54, 1.807) is 24.3 Å². The second-order valence-corrected chi connectivity index (χ2v) is 8.57. The molecule has 0 aliphatic rings. The third-order valence-corrected chi connectivity index (χ3v) is 6.07. The van der Waals surface area contributed by atoms with Gasteiger partial charge >= 0.3 is 0 Å². The van der Waals surface area contributed by atoms with Gasteiger partial charge in [0.05, 0.1) is 5.69 Å². The number of amides is 1. The van der Waals surface area contributed by atoms with Gasteiger partial charge in [-0.15, -0.1) is 0 Å². The van der Waals surface area contributed by atoms with Crippen molar-refractivity contribution in [1.82, 2.24) is 14.6 Å². The lowest BCUT2D eigenvalue weighted by Crippen LogP contribution is -2.20. The minimum Gasteiger partial charge on any atom is -0.487 e. The smallest absolute Gasteiger partial charge is 0.275 e. The Morgan fingerprint density at radius 2 is 1.79 bits per heavy atom. The number of anilines is 1. The van der Waals surface area contributed by atoms with Crippen LogP contribution in [0.3, 0.4) is 0 Å². The highest BCUT2D eigenvalue weighted by atomic mass is 32.1. The molecule has 0 aliphatic heterocycles. The standard InChI is InChI=1S/C24H24N4O4S/c1-4-22-27-28-23(30)12-18(26-24(28)33-22)13-31-19-9-6-17(7-10-19)25-21(29)14-32-20-8-5-15(2)16(3)11-20/h5-12H,4,13-14H2,1-3H3,(H,25,29). The highest BCUT2D eigenvalue weighted by Gasteiger charge is 2.09. The summed E-state index contributed by atoms with van der Waals surface area (Å²) in [6, 6.07) is 14.1. The van der Waals surface area contributed by atoms with Crippen LogP contribution in [0.2, 0.25) is 0 Å². The molecule has 2 aromatic carbocycles. The molecule has 0 saturated heterocycles. The summed E-state index contributed by atoms with van der Waals surface area (Å²) in [5.74, 6) is 1.00. The molecule has 33 heavy (non-hydrogen) atoms. The van der Waals surface area contributed by atoms with Crippen LogP contribution in [0.1, 0.15) is 28.8 Å². The monoisotopic (exact) mass is 464 g/mol.